The number of carbonyl (C=O) groups excluding carboxylic acids is 2. The number of esters is 1. The maximum atomic E-state index is 12.4. The van der Waals surface area contributed by atoms with E-state index in [1.165, 1.54) is 14.2 Å². The van der Waals surface area contributed by atoms with Gasteiger partial charge in [0.25, 0.3) is 5.91 Å². The number of fused-ring (bicyclic) bond motifs is 1. The molecule has 1 aliphatic heterocycles. The molecule has 1 amide bonds. The average molecular weight is 376 g/mol. The van der Waals surface area contributed by atoms with E-state index in [0.717, 1.165) is 11.1 Å². The molecule has 7 heteroatoms. The molecule has 2 aromatic carbocycles. The van der Waals surface area contributed by atoms with Crippen molar-refractivity contribution in [3.05, 3.63) is 58.1 Å². The molecule has 2 aromatic rings. The number of amides is 1. The van der Waals surface area contributed by atoms with Crippen molar-refractivity contribution < 1.29 is 23.8 Å². The van der Waals surface area contributed by atoms with Gasteiger partial charge in [-0.1, -0.05) is 17.7 Å². The van der Waals surface area contributed by atoms with Crippen LogP contribution in [0.1, 0.15) is 21.5 Å². The van der Waals surface area contributed by atoms with Crippen molar-refractivity contribution in [2.45, 2.75) is 19.1 Å². The second-order valence-corrected chi connectivity index (χ2v) is 6.24. The lowest BCUT2D eigenvalue weighted by atomic mass is 10.1. The molecule has 0 spiro atoms. The van der Waals surface area contributed by atoms with E-state index in [-0.39, 0.29) is 12.5 Å². The van der Waals surface area contributed by atoms with Crippen LogP contribution in [-0.2, 0) is 22.5 Å². The Labute approximate surface area is 156 Å². The number of nitrogens with one attached hydrogen (secondary N) is 1. The van der Waals surface area contributed by atoms with E-state index in [9.17, 15) is 9.59 Å². The smallest absolute Gasteiger partial charge is 0.341 e. The standard InChI is InChI=1S/C19H18ClNO5/c1-24-16-5-3-11(7-14(16)19(23)25-2)10-21-18(22)17-9-12-8-13(20)4-6-15(12)26-17/h3-8,17H,9-10H2,1-2H3,(H,21,22)/t17-/m0/s1. The largest absolute Gasteiger partial charge is 0.496 e. The lowest BCUT2D eigenvalue weighted by Gasteiger charge is -2.13. The lowest BCUT2D eigenvalue weighted by Crippen LogP contribution is -2.37. The SMILES string of the molecule is COC(=O)c1cc(CNC(=O)[C@@H]2Cc3cc(Cl)ccc3O2)ccc1OC. The summed E-state index contributed by atoms with van der Waals surface area (Å²) in [5, 5.41) is 3.44. The minimum Gasteiger partial charge on any atom is -0.496 e. The van der Waals surface area contributed by atoms with Crippen molar-refractivity contribution in [2.75, 3.05) is 14.2 Å². The number of ether oxygens (including phenoxy) is 3. The summed E-state index contributed by atoms with van der Waals surface area (Å²) in [4.78, 5) is 24.2. The fourth-order valence-corrected chi connectivity index (χ4v) is 3.00. The zero-order valence-corrected chi connectivity index (χ0v) is 15.1. The van der Waals surface area contributed by atoms with Gasteiger partial charge >= 0.3 is 5.97 Å². The number of halogens is 1. The molecule has 3 rings (SSSR count). The number of carbonyl (C=O) groups is 2. The van der Waals surface area contributed by atoms with Gasteiger partial charge in [0, 0.05) is 18.0 Å². The van der Waals surface area contributed by atoms with Gasteiger partial charge in [-0.15, -0.1) is 0 Å². The lowest BCUT2D eigenvalue weighted by molar-refractivity contribution is -0.127. The normalized spacial score (nSPS) is 15.0. The van der Waals surface area contributed by atoms with Crippen LogP contribution in [0.3, 0.4) is 0 Å². The van der Waals surface area contributed by atoms with Gasteiger partial charge < -0.3 is 19.5 Å². The summed E-state index contributed by atoms with van der Waals surface area (Å²) in [5.41, 5.74) is 1.97. The molecule has 1 heterocycles. The van der Waals surface area contributed by atoms with E-state index in [2.05, 4.69) is 5.32 Å². The van der Waals surface area contributed by atoms with Crippen LogP contribution in [0.15, 0.2) is 36.4 Å². The van der Waals surface area contributed by atoms with E-state index < -0.39 is 12.1 Å². The summed E-state index contributed by atoms with van der Waals surface area (Å²) in [5.74, 6) is 0.361. The summed E-state index contributed by atoms with van der Waals surface area (Å²) in [6.07, 6.45) is -0.126. The summed E-state index contributed by atoms with van der Waals surface area (Å²) in [7, 11) is 2.78. The van der Waals surface area contributed by atoms with Crippen molar-refractivity contribution in [3.63, 3.8) is 0 Å². The van der Waals surface area contributed by atoms with Gasteiger partial charge in [-0.25, -0.2) is 4.79 Å². The highest BCUT2D eigenvalue weighted by molar-refractivity contribution is 6.30. The first-order chi connectivity index (χ1) is 12.5. The van der Waals surface area contributed by atoms with Gasteiger partial charge in [-0.3, -0.25) is 4.79 Å². The summed E-state index contributed by atoms with van der Waals surface area (Å²) < 4.78 is 15.6. The van der Waals surface area contributed by atoms with Crippen LogP contribution < -0.4 is 14.8 Å². The second-order valence-electron chi connectivity index (χ2n) is 5.81. The molecular formula is C19H18ClNO5. The molecule has 0 saturated heterocycles. The third-order valence-electron chi connectivity index (χ3n) is 4.13. The van der Waals surface area contributed by atoms with E-state index in [1.807, 2.05) is 0 Å². The predicted molar refractivity (Wildman–Crippen MR) is 95.8 cm³/mol. The van der Waals surface area contributed by atoms with Crippen molar-refractivity contribution >= 4 is 23.5 Å². The number of methoxy groups -OCH3 is 2. The van der Waals surface area contributed by atoms with Crippen LogP contribution in [0.2, 0.25) is 5.02 Å². The zero-order valence-electron chi connectivity index (χ0n) is 14.4. The highest BCUT2D eigenvalue weighted by Crippen LogP contribution is 2.31. The molecule has 6 nitrogen and oxygen atoms in total. The number of hydrogen-bond acceptors (Lipinski definition) is 5. The Hall–Kier alpha value is -2.73. The first-order valence-electron chi connectivity index (χ1n) is 8.00. The van der Waals surface area contributed by atoms with E-state index in [1.54, 1.807) is 36.4 Å². The molecule has 1 atom stereocenters. The van der Waals surface area contributed by atoms with Crippen LogP contribution in [0.4, 0.5) is 0 Å². The maximum Gasteiger partial charge on any atom is 0.341 e. The van der Waals surface area contributed by atoms with Gasteiger partial charge in [0.1, 0.15) is 17.1 Å². The predicted octanol–water partition coefficient (Wildman–Crippen LogP) is 2.76. The highest BCUT2D eigenvalue weighted by Gasteiger charge is 2.29. The number of rotatable bonds is 5. The molecular weight excluding hydrogens is 358 g/mol. The molecule has 0 fully saturated rings. The molecule has 26 heavy (non-hydrogen) atoms. The third kappa shape index (κ3) is 3.75. The Morgan fingerprint density at radius 3 is 2.77 bits per heavy atom. The molecule has 0 unspecified atom stereocenters. The van der Waals surface area contributed by atoms with Crippen LogP contribution in [0.25, 0.3) is 0 Å². The summed E-state index contributed by atoms with van der Waals surface area (Å²) in [6.45, 7) is 0.254. The molecule has 0 aromatic heterocycles. The Balaban J connectivity index is 1.64. The van der Waals surface area contributed by atoms with Gasteiger partial charge in [0.2, 0.25) is 0 Å². The first-order valence-corrected chi connectivity index (χ1v) is 8.37. The fourth-order valence-electron chi connectivity index (χ4n) is 2.80. The summed E-state index contributed by atoms with van der Waals surface area (Å²) >= 11 is 5.96. The Bertz CT molecular complexity index is 852. The Kier molecular flexibility index (Phi) is 5.32. The molecule has 1 aliphatic rings. The molecule has 0 aliphatic carbocycles. The Morgan fingerprint density at radius 1 is 1.23 bits per heavy atom. The van der Waals surface area contributed by atoms with Gasteiger partial charge in [-0.2, -0.15) is 0 Å². The molecule has 0 saturated carbocycles. The average Bonchev–Trinajstić information content (AvgIpc) is 3.08. The van der Waals surface area contributed by atoms with E-state index >= 15 is 0 Å². The molecule has 0 radical (unpaired) electrons. The second kappa shape index (κ2) is 7.66. The third-order valence-corrected chi connectivity index (χ3v) is 4.36. The van der Waals surface area contributed by atoms with Crippen LogP contribution >= 0.6 is 11.6 Å². The van der Waals surface area contributed by atoms with Crippen molar-refractivity contribution in [2.24, 2.45) is 0 Å². The van der Waals surface area contributed by atoms with Crippen LogP contribution in [0, 0.1) is 0 Å². The van der Waals surface area contributed by atoms with Crippen molar-refractivity contribution in [1.82, 2.24) is 5.32 Å². The van der Waals surface area contributed by atoms with E-state index in [0.29, 0.717) is 28.5 Å². The number of benzene rings is 2. The highest BCUT2D eigenvalue weighted by atomic mass is 35.5. The van der Waals surface area contributed by atoms with Gasteiger partial charge in [-0.05, 0) is 41.5 Å². The van der Waals surface area contributed by atoms with Crippen LogP contribution in [-0.4, -0.2) is 32.2 Å². The van der Waals surface area contributed by atoms with Gasteiger partial charge in [0.05, 0.1) is 14.2 Å². The molecule has 1 N–H and O–H groups in total. The van der Waals surface area contributed by atoms with Crippen molar-refractivity contribution in [1.29, 1.82) is 0 Å². The van der Waals surface area contributed by atoms with Crippen molar-refractivity contribution in [3.8, 4) is 11.5 Å². The first kappa shape index (κ1) is 18.1. The van der Waals surface area contributed by atoms with Crippen LogP contribution in [0.5, 0.6) is 11.5 Å². The monoisotopic (exact) mass is 375 g/mol. The summed E-state index contributed by atoms with van der Waals surface area (Å²) in [6, 6.07) is 10.4. The van der Waals surface area contributed by atoms with Gasteiger partial charge in [0.15, 0.2) is 6.10 Å². The minimum absolute atomic E-state index is 0.229. The minimum atomic E-state index is -0.596. The maximum absolute atomic E-state index is 12.4. The Morgan fingerprint density at radius 2 is 2.04 bits per heavy atom. The molecule has 0 bridgehead atoms. The topological polar surface area (TPSA) is 73.9 Å². The quantitative estimate of drug-likeness (QED) is 0.813. The number of hydrogen-bond donors (Lipinski definition) is 1. The fraction of sp³-hybridized carbons (Fsp3) is 0.263. The molecule has 136 valence electrons. The van der Waals surface area contributed by atoms with E-state index in [4.69, 9.17) is 25.8 Å². The zero-order chi connectivity index (χ0) is 18.7.